The third-order valence-corrected chi connectivity index (χ3v) is 3.45. The Morgan fingerprint density at radius 3 is 3.28 bits per heavy atom. The Balaban J connectivity index is 1.65. The van der Waals surface area contributed by atoms with Crippen molar-refractivity contribution in [2.45, 2.75) is 25.9 Å². The van der Waals surface area contributed by atoms with E-state index in [9.17, 15) is 0 Å². The van der Waals surface area contributed by atoms with Crippen molar-refractivity contribution in [1.29, 1.82) is 0 Å². The van der Waals surface area contributed by atoms with E-state index in [2.05, 4.69) is 28.2 Å². The van der Waals surface area contributed by atoms with E-state index in [4.69, 9.17) is 4.74 Å². The molecule has 0 amide bonds. The van der Waals surface area contributed by atoms with Crippen molar-refractivity contribution in [3.63, 3.8) is 0 Å². The van der Waals surface area contributed by atoms with Gasteiger partial charge >= 0.3 is 0 Å². The smallest absolute Gasteiger partial charge is 0.0622 e. The SMILES string of the molecule is CCC1COCCN1CCNCc1cccnc1. The largest absolute Gasteiger partial charge is 0.378 e. The highest BCUT2D eigenvalue weighted by Crippen LogP contribution is 2.09. The third-order valence-electron chi connectivity index (χ3n) is 3.45. The number of nitrogens with one attached hydrogen (secondary N) is 1. The molecule has 0 radical (unpaired) electrons. The molecule has 1 atom stereocenters. The third kappa shape index (κ3) is 4.05. The zero-order chi connectivity index (χ0) is 12.6. The van der Waals surface area contributed by atoms with Crippen molar-refractivity contribution in [2.75, 3.05) is 32.8 Å². The summed E-state index contributed by atoms with van der Waals surface area (Å²) in [7, 11) is 0. The lowest BCUT2D eigenvalue weighted by Crippen LogP contribution is -2.47. The van der Waals surface area contributed by atoms with E-state index in [0.717, 1.165) is 39.4 Å². The van der Waals surface area contributed by atoms with Crippen molar-refractivity contribution in [3.05, 3.63) is 30.1 Å². The summed E-state index contributed by atoms with van der Waals surface area (Å²) in [6.07, 6.45) is 4.89. The summed E-state index contributed by atoms with van der Waals surface area (Å²) in [5, 5.41) is 3.47. The van der Waals surface area contributed by atoms with E-state index in [1.165, 1.54) is 12.0 Å². The van der Waals surface area contributed by atoms with Gasteiger partial charge in [-0.1, -0.05) is 13.0 Å². The van der Waals surface area contributed by atoms with Crippen LogP contribution < -0.4 is 5.32 Å². The summed E-state index contributed by atoms with van der Waals surface area (Å²) < 4.78 is 5.51. The van der Waals surface area contributed by atoms with Gasteiger partial charge in [-0.2, -0.15) is 0 Å². The molecular weight excluding hydrogens is 226 g/mol. The molecule has 1 aliphatic rings. The van der Waals surface area contributed by atoms with Gasteiger partial charge in [-0.25, -0.2) is 0 Å². The number of aromatic nitrogens is 1. The number of pyridine rings is 1. The van der Waals surface area contributed by atoms with E-state index in [-0.39, 0.29) is 0 Å². The highest BCUT2D eigenvalue weighted by molar-refractivity contribution is 5.07. The molecule has 18 heavy (non-hydrogen) atoms. The number of hydrogen-bond donors (Lipinski definition) is 1. The first kappa shape index (κ1) is 13.5. The number of ether oxygens (including phenoxy) is 1. The lowest BCUT2D eigenvalue weighted by Gasteiger charge is -2.35. The minimum atomic E-state index is 0.596. The van der Waals surface area contributed by atoms with Gasteiger partial charge in [0.2, 0.25) is 0 Å². The first-order chi connectivity index (χ1) is 8.90. The first-order valence-corrected chi connectivity index (χ1v) is 6.81. The molecule has 0 aromatic carbocycles. The van der Waals surface area contributed by atoms with Crippen LogP contribution in [0.4, 0.5) is 0 Å². The highest BCUT2D eigenvalue weighted by Gasteiger charge is 2.20. The van der Waals surface area contributed by atoms with Crippen molar-refractivity contribution in [3.8, 4) is 0 Å². The van der Waals surface area contributed by atoms with Crippen LogP contribution in [0.3, 0.4) is 0 Å². The van der Waals surface area contributed by atoms with Crippen LogP contribution >= 0.6 is 0 Å². The van der Waals surface area contributed by atoms with Gasteiger partial charge in [-0.15, -0.1) is 0 Å². The van der Waals surface area contributed by atoms with E-state index in [1.807, 2.05) is 18.5 Å². The molecule has 0 bridgehead atoms. The zero-order valence-corrected chi connectivity index (χ0v) is 11.1. The van der Waals surface area contributed by atoms with E-state index < -0.39 is 0 Å². The Bertz CT molecular complexity index is 331. The number of nitrogens with zero attached hydrogens (tertiary/aromatic N) is 2. The molecule has 1 N–H and O–H groups in total. The number of morpholine rings is 1. The molecule has 0 saturated carbocycles. The van der Waals surface area contributed by atoms with E-state index in [1.54, 1.807) is 0 Å². The molecule has 1 saturated heterocycles. The molecule has 0 spiro atoms. The minimum Gasteiger partial charge on any atom is -0.378 e. The van der Waals surface area contributed by atoms with Crippen molar-refractivity contribution >= 4 is 0 Å². The molecule has 2 heterocycles. The molecular formula is C14H23N3O. The monoisotopic (exact) mass is 249 g/mol. The second-order valence-electron chi connectivity index (χ2n) is 4.71. The summed E-state index contributed by atoms with van der Waals surface area (Å²) in [5.41, 5.74) is 1.24. The molecule has 1 aromatic rings. The Hall–Kier alpha value is -0.970. The quantitative estimate of drug-likeness (QED) is 0.771. The number of rotatable bonds is 6. The van der Waals surface area contributed by atoms with Gasteiger partial charge in [-0.05, 0) is 18.1 Å². The lowest BCUT2D eigenvalue weighted by molar-refractivity contribution is -0.00786. The number of hydrogen-bond acceptors (Lipinski definition) is 4. The fraction of sp³-hybridized carbons (Fsp3) is 0.643. The van der Waals surface area contributed by atoms with Gasteiger partial charge in [0.05, 0.1) is 13.2 Å². The lowest BCUT2D eigenvalue weighted by atomic mass is 10.2. The highest BCUT2D eigenvalue weighted by atomic mass is 16.5. The van der Waals surface area contributed by atoms with E-state index in [0.29, 0.717) is 6.04 Å². The summed E-state index contributed by atoms with van der Waals surface area (Å²) in [6.45, 7) is 8.07. The predicted molar refractivity (Wildman–Crippen MR) is 72.4 cm³/mol. The van der Waals surface area contributed by atoms with Crippen LogP contribution in [-0.4, -0.2) is 48.8 Å². The van der Waals surface area contributed by atoms with Gasteiger partial charge in [0.1, 0.15) is 0 Å². The molecule has 1 unspecified atom stereocenters. The van der Waals surface area contributed by atoms with Crippen LogP contribution in [0.15, 0.2) is 24.5 Å². The van der Waals surface area contributed by atoms with Crippen LogP contribution in [0, 0.1) is 0 Å². The Labute approximate surface area is 109 Å². The predicted octanol–water partition coefficient (Wildman–Crippen LogP) is 1.28. The molecule has 100 valence electrons. The minimum absolute atomic E-state index is 0.596. The first-order valence-electron chi connectivity index (χ1n) is 6.81. The molecule has 4 nitrogen and oxygen atoms in total. The molecule has 4 heteroatoms. The molecule has 1 aliphatic heterocycles. The maximum absolute atomic E-state index is 5.51. The normalized spacial score (nSPS) is 21.1. The average Bonchev–Trinajstić information content (AvgIpc) is 2.45. The molecule has 1 fully saturated rings. The maximum atomic E-state index is 5.51. The fourth-order valence-electron chi connectivity index (χ4n) is 2.32. The Morgan fingerprint density at radius 2 is 2.50 bits per heavy atom. The van der Waals surface area contributed by atoms with Crippen molar-refractivity contribution < 1.29 is 4.74 Å². The van der Waals surface area contributed by atoms with Gasteiger partial charge < -0.3 is 10.1 Å². The van der Waals surface area contributed by atoms with Gasteiger partial charge in [-0.3, -0.25) is 9.88 Å². The summed E-state index contributed by atoms with van der Waals surface area (Å²) in [6, 6.07) is 4.68. The van der Waals surface area contributed by atoms with Gasteiger partial charge in [0.15, 0.2) is 0 Å². The zero-order valence-electron chi connectivity index (χ0n) is 11.1. The summed E-state index contributed by atoms with van der Waals surface area (Å²) in [4.78, 5) is 6.64. The van der Waals surface area contributed by atoms with Crippen LogP contribution in [0.5, 0.6) is 0 Å². The topological polar surface area (TPSA) is 37.4 Å². The maximum Gasteiger partial charge on any atom is 0.0622 e. The average molecular weight is 249 g/mol. The standard InChI is InChI=1S/C14H23N3O/c1-2-14-12-18-9-8-17(14)7-6-16-11-13-4-3-5-15-10-13/h3-5,10,14,16H,2,6-9,11-12H2,1H3. The van der Waals surface area contributed by atoms with Crippen LogP contribution in [-0.2, 0) is 11.3 Å². The molecule has 1 aromatic heterocycles. The fourth-order valence-corrected chi connectivity index (χ4v) is 2.32. The molecule has 2 rings (SSSR count). The second-order valence-corrected chi connectivity index (χ2v) is 4.71. The Morgan fingerprint density at radius 1 is 1.56 bits per heavy atom. The van der Waals surface area contributed by atoms with E-state index >= 15 is 0 Å². The summed E-state index contributed by atoms with van der Waals surface area (Å²) in [5.74, 6) is 0. The van der Waals surface area contributed by atoms with Crippen molar-refractivity contribution in [2.24, 2.45) is 0 Å². The van der Waals surface area contributed by atoms with Gasteiger partial charge in [0, 0.05) is 44.6 Å². The van der Waals surface area contributed by atoms with Crippen LogP contribution in [0.2, 0.25) is 0 Å². The van der Waals surface area contributed by atoms with Gasteiger partial charge in [0.25, 0.3) is 0 Å². The second kappa shape index (κ2) is 7.46. The van der Waals surface area contributed by atoms with Crippen LogP contribution in [0.1, 0.15) is 18.9 Å². The van der Waals surface area contributed by atoms with Crippen LogP contribution in [0.25, 0.3) is 0 Å². The Kier molecular flexibility index (Phi) is 5.58. The summed E-state index contributed by atoms with van der Waals surface area (Å²) >= 11 is 0. The van der Waals surface area contributed by atoms with Crippen molar-refractivity contribution in [1.82, 2.24) is 15.2 Å². The molecule has 0 aliphatic carbocycles.